The molecule has 14 heteroatoms. The molecule has 0 spiro atoms. The lowest BCUT2D eigenvalue weighted by atomic mass is 10.1. The predicted molar refractivity (Wildman–Crippen MR) is 122 cm³/mol. The summed E-state index contributed by atoms with van der Waals surface area (Å²) in [5.41, 5.74) is 16.5. The van der Waals surface area contributed by atoms with Crippen LogP contribution in [0.2, 0.25) is 0 Å². The van der Waals surface area contributed by atoms with Crippen LogP contribution in [0.25, 0.3) is 0 Å². The number of carboxylic acid groups (broad SMARTS) is 2. The molecular weight excluding hydrogens is 464 g/mol. The molecule has 1 aliphatic rings. The highest BCUT2D eigenvalue weighted by atomic mass is 16.4. The van der Waals surface area contributed by atoms with E-state index >= 15 is 0 Å². The molecule has 10 N–H and O–H groups in total. The maximum Gasteiger partial charge on any atom is 0.326 e. The lowest BCUT2D eigenvalue weighted by molar-refractivity contribution is -0.144. The fourth-order valence-corrected chi connectivity index (χ4v) is 3.77. The van der Waals surface area contributed by atoms with Crippen molar-refractivity contribution < 1.29 is 39.0 Å². The third-order valence-electron chi connectivity index (χ3n) is 5.70. The number of nitrogens with one attached hydrogen (secondary N) is 2. The molecule has 0 aliphatic carbocycles. The van der Waals surface area contributed by atoms with Gasteiger partial charge in [0, 0.05) is 19.4 Å². The molecule has 1 saturated heterocycles. The lowest BCUT2D eigenvalue weighted by Crippen LogP contribution is -2.56. The summed E-state index contributed by atoms with van der Waals surface area (Å²) in [4.78, 5) is 73.3. The largest absolute Gasteiger partial charge is 0.481 e. The van der Waals surface area contributed by atoms with Gasteiger partial charge in [0.15, 0.2) is 0 Å². The first-order chi connectivity index (χ1) is 16.5. The van der Waals surface area contributed by atoms with Crippen LogP contribution in [0.5, 0.6) is 0 Å². The van der Waals surface area contributed by atoms with Gasteiger partial charge in [-0.1, -0.05) is 6.42 Å². The highest BCUT2D eigenvalue weighted by Crippen LogP contribution is 2.20. The van der Waals surface area contributed by atoms with Crippen molar-refractivity contribution in [2.45, 2.75) is 82.0 Å². The zero-order valence-corrected chi connectivity index (χ0v) is 19.6. The van der Waals surface area contributed by atoms with Crippen molar-refractivity contribution in [3.05, 3.63) is 0 Å². The molecule has 1 rings (SSSR count). The Balaban J connectivity index is 2.90. The Morgan fingerprint density at radius 1 is 0.943 bits per heavy atom. The van der Waals surface area contributed by atoms with E-state index in [0.717, 1.165) is 0 Å². The van der Waals surface area contributed by atoms with Crippen LogP contribution in [0.15, 0.2) is 0 Å². The zero-order valence-electron chi connectivity index (χ0n) is 19.6. The molecular formula is C21H36N6O8. The van der Waals surface area contributed by atoms with Crippen LogP contribution in [0.1, 0.15) is 57.8 Å². The predicted octanol–water partition coefficient (Wildman–Crippen LogP) is -2.38. The molecule has 0 aromatic heterocycles. The molecule has 1 fully saturated rings. The molecule has 1 aliphatic heterocycles. The van der Waals surface area contributed by atoms with Crippen LogP contribution in [0.4, 0.5) is 0 Å². The third kappa shape index (κ3) is 10.3. The average Bonchev–Trinajstić information content (AvgIpc) is 3.28. The number of carbonyl (C=O) groups excluding carboxylic acids is 4. The smallest absolute Gasteiger partial charge is 0.326 e. The summed E-state index contributed by atoms with van der Waals surface area (Å²) in [5, 5.41) is 23.0. The van der Waals surface area contributed by atoms with E-state index in [1.54, 1.807) is 0 Å². The number of carboxylic acids is 2. The zero-order chi connectivity index (χ0) is 26.5. The van der Waals surface area contributed by atoms with Crippen molar-refractivity contribution >= 4 is 35.6 Å². The normalized spacial score (nSPS) is 17.8. The van der Waals surface area contributed by atoms with E-state index in [1.807, 2.05) is 0 Å². The first-order valence-corrected chi connectivity index (χ1v) is 11.6. The fourth-order valence-electron chi connectivity index (χ4n) is 3.77. The van der Waals surface area contributed by atoms with Crippen LogP contribution >= 0.6 is 0 Å². The van der Waals surface area contributed by atoms with E-state index in [-0.39, 0.29) is 19.3 Å². The monoisotopic (exact) mass is 500 g/mol. The SMILES string of the molecule is NCCCCC(N)C(=O)N1CCCC1C(=O)NC(CCC(=O)O)C(=O)NC(CCC(N)=O)C(=O)O. The number of carbonyl (C=O) groups is 6. The van der Waals surface area contributed by atoms with Crippen LogP contribution in [-0.4, -0.2) is 87.9 Å². The quantitative estimate of drug-likeness (QED) is 0.111. The van der Waals surface area contributed by atoms with E-state index in [2.05, 4.69) is 10.6 Å². The van der Waals surface area contributed by atoms with Crippen molar-refractivity contribution in [2.24, 2.45) is 17.2 Å². The molecule has 0 bridgehead atoms. The van der Waals surface area contributed by atoms with Gasteiger partial charge in [-0.05, 0) is 45.1 Å². The molecule has 1 heterocycles. The van der Waals surface area contributed by atoms with Gasteiger partial charge in [-0.3, -0.25) is 24.0 Å². The summed E-state index contributed by atoms with van der Waals surface area (Å²) < 4.78 is 0. The molecule has 0 radical (unpaired) electrons. The summed E-state index contributed by atoms with van der Waals surface area (Å²) in [6.45, 7) is 0.780. The van der Waals surface area contributed by atoms with Crippen molar-refractivity contribution in [3.63, 3.8) is 0 Å². The van der Waals surface area contributed by atoms with Gasteiger partial charge in [0.05, 0.1) is 6.04 Å². The van der Waals surface area contributed by atoms with Gasteiger partial charge in [-0.25, -0.2) is 4.79 Å². The minimum atomic E-state index is -1.46. The van der Waals surface area contributed by atoms with Gasteiger partial charge >= 0.3 is 11.9 Å². The van der Waals surface area contributed by atoms with Crippen LogP contribution in [0, 0.1) is 0 Å². The van der Waals surface area contributed by atoms with Crippen molar-refractivity contribution in [2.75, 3.05) is 13.1 Å². The minimum absolute atomic E-state index is 0.275. The lowest BCUT2D eigenvalue weighted by Gasteiger charge is -2.28. The first kappa shape index (κ1) is 29.8. The molecule has 4 atom stereocenters. The first-order valence-electron chi connectivity index (χ1n) is 11.6. The topological polar surface area (TPSA) is 248 Å². The molecule has 198 valence electrons. The Morgan fingerprint density at radius 3 is 2.17 bits per heavy atom. The summed E-state index contributed by atoms with van der Waals surface area (Å²) in [5.74, 6) is -5.39. The van der Waals surface area contributed by atoms with Crippen LogP contribution < -0.4 is 27.8 Å². The third-order valence-corrected chi connectivity index (χ3v) is 5.70. The van der Waals surface area contributed by atoms with E-state index in [1.165, 1.54) is 4.90 Å². The van der Waals surface area contributed by atoms with E-state index in [0.29, 0.717) is 45.2 Å². The number of aliphatic carboxylic acids is 2. The van der Waals surface area contributed by atoms with Crippen LogP contribution in [-0.2, 0) is 28.8 Å². The van der Waals surface area contributed by atoms with E-state index < -0.39 is 66.2 Å². The number of rotatable bonds is 16. The Kier molecular flexibility index (Phi) is 12.7. The minimum Gasteiger partial charge on any atom is -0.481 e. The number of unbranched alkanes of at least 4 members (excludes halogenated alkanes) is 1. The molecule has 0 saturated carbocycles. The van der Waals surface area contributed by atoms with Gasteiger partial charge < -0.3 is 42.9 Å². The average molecular weight is 501 g/mol. The number of primary amides is 1. The molecule has 4 amide bonds. The highest BCUT2D eigenvalue weighted by Gasteiger charge is 2.38. The standard InChI is InChI=1S/C21H36N6O8/c22-10-2-1-4-12(23)20(33)27-11-3-5-15(27)19(32)25-13(7-9-17(29)30)18(31)26-14(21(34)35)6-8-16(24)28/h12-15H,1-11,22-23H2,(H2,24,28)(H,25,32)(H,26,31)(H,29,30)(H,34,35). The van der Waals surface area contributed by atoms with Crippen molar-refractivity contribution in [1.29, 1.82) is 0 Å². The molecule has 4 unspecified atom stereocenters. The molecule has 0 aromatic rings. The van der Waals surface area contributed by atoms with Crippen LogP contribution in [0.3, 0.4) is 0 Å². The summed E-state index contributed by atoms with van der Waals surface area (Å²) in [6, 6.07) is -4.53. The number of hydrogen-bond donors (Lipinski definition) is 7. The summed E-state index contributed by atoms with van der Waals surface area (Å²) in [7, 11) is 0. The number of nitrogens with two attached hydrogens (primary N) is 3. The number of likely N-dealkylation sites (tertiary alicyclic amines) is 1. The van der Waals surface area contributed by atoms with Gasteiger partial charge in [-0.15, -0.1) is 0 Å². The van der Waals surface area contributed by atoms with Gasteiger partial charge in [0.2, 0.25) is 23.6 Å². The number of amides is 4. The second kappa shape index (κ2) is 14.9. The van der Waals surface area contributed by atoms with Gasteiger partial charge in [0.25, 0.3) is 0 Å². The molecule has 35 heavy (non-hydrogen) atoms. The second-order valence-corrected chi connectivity index (χ2v) is 8.48. The summed E-state index contributed by atoms with van der Waals surface area (Å²) >= 11 is 0. The molecule has 14 nitrogen and oxygen atoms in total. The second-order valence-electron chi connectivity index (χ2n) is 8.48. The Bertz CT molecular complexity index is 792. The van der Waals surface area contributed by atoms with Gasteiger partial charge in [-0.2, -0.15) is 0 Å². The van der Waals surface area contributed by atoms with Gasteiger partial charge in [0.1, 0.15) is 18.1 Å². The van der Waals surface area contributed by atoms with E-state index in [9.17, 15) is 33.9 Å². The Hall–Kier alpha value is -3.26. The van der Waals surface area contributed by atoms with Crippen molar-refractivity contribution in [3.8, 4) is 0 Å². The maximum absolute atomic E-state index is 13.0. The highest BCUT2D eigenvalue weighted by molar-refractivity contribution is 5.94. The maximum atomic E-state index is 13.0. The Morgan fingerprint density at radius 2 is 1.60 bits per heavy atom. The van der Waals surface area contributed by atoms with E-state index in [4.69, 9.17) is 22.3 Å². The molecule has 0 aromatic carbocycles. The Labute approximate surface area is 202 Å². The number of hydrogen-bond acceptors (Lipinski definition) is 8. The fraction of sp³-hybridized carbons (Fsp3) is 0.714. The van der Waals surface area contributed by atoms with Crippen molar-refractivity contribution in [1.82, 2.24) is 15.5 Å². The summed E-state index contributed by atoms with van der Waals surface area (Å²) in [6.07, 6.45) is 1.29. The number of nitrogens with zero attached hydrogens (tertiary/aromatic N) is 1.